The highest BCUT2D eigenvalue weighted by atomic mass is 16.3. The van der Waals surface area contributed by atoms with Crippen molar-refractivity contribution in [3.63, 3.8) is 0 Å². The molecule has 2 aromatic heterocycles. The van der Waals surface area contributed by atoms with Crippen LogP contribution in [-0.2, 0) is 5.41 Å². The maximum atomic E-state index is 11.3. The number of benzene rings is 6. The molecule has 0 aliphatic rings. The summed E-state index contributed by atoms with van der Waals surface area (Å²) in [6.07, 6.45) is 1.55. The summed E-state index contributed by atoms with van der Waals surface area (Å²) in [5.41, 5.74) is 8.94. The molecule has 1 N–H and O–H groups in total. The van der Waals surface area contributed by atoms with Crippen LogP contribution >= 0.6 is 0 Å². The average molecular weight is 712 g/mol. The molecule has 266 valence electrons. The van der Waals surface area contributed by atoms with Gasteiger partial charge in [-0.1, -0.05) is 131 Å². The van der Waals surface area contributed by atoms with E-state index in [1.807, 2.05) is 92.7 Å². The predicted molar refractivity (Wildman–Crippen MR) is 225 cm³/mol. The van der Waals surface area contributed by atoms with E-state index in [4.69, 9.17) is 20.9 Å². The molecule has 4 heteroatoms. The van der Waals surface area contributed by atoms with Crippen molar-refractivity contribution in [2.24, 2.45) is 0 Å². The second-order valence-corrected chi connectivity index (χ2v) is 14.8. The minimum absolute atomic E-state index is 0.00922. The molecule has 4 nitrogen and oxygen atoms in total. The quantitative estimate of drug-likeness (QED) is 0.179. The van der Waals surface area contributed by atoms with E-state index in [0.717, 1.165) is 50.1 Å². The van der Waals surface area contributed by atoms with Crippen molar-refractivity contribution >= 4 is 11.0 Å². The second kappa shape index (κ2) is 13.9. The zero-order valence-corrected chi connectivity index (χ0v) is 30.9. The number of aromatic hydroxyl groups is 1. The van der Waals surface area contributed by atoms with Crippen molar-refractivity contribution in [1.29, 1.82) is 0 Å². The molecule has 8 aromatic rings. The van der Waals surface area contributed by atoms with E-state index in [9.17, 15) is 5.11 Å². The number of para-hydroxylation sites is 2. The van der Waals surface area contributed by atoms with E-state index in [0.29, 0.717) is 28.2 Å². The molecule has 8 rings (SSSR count). The van der Waals surface area contributed by atoms with Crippen LogP contribution < -0.4 is 0 Å². The number of nitrogens with zero attached hydrogens (tertiary/aromatic N) is 3. The van der Waals surface area contributed by atoms with Gasteiger partial charge in [-0.25, -0.2) is 4.98 Å². The van der Waals surface area contributed by atoms with Crippen molar-refractivity contribution in [3.8, 4) is 67.5 Å². The Bertz CT molecular complexity index is 3000. The Balaban J connectivity index is 1.37. The molecule has 54 heavy (non-hydrogen) atoms. The highest BCUT2D eigenvalue weighted by molar-refractivity contribution is 5.97. The molecule has 0 bridgehead atoms. The number of hydrogen-bond acceptors (Lipinski definition) is 3. The van der Waals surface area contributed by atoms with Gasteiger partial charge in [0, 0.05) is 28.4 Å². The number of imidazole rings is 1. The molecule has 0 atom stereocenters. The fourth-order valence-electron chi connectivity index (χ4n) is 6.88. The second-order valence-electron chi connectivity index (χ2n) is 14.8. The predicted octanol–water partition coefficient (Wildman–Crippen LogP) is 13.2. The molecule has 0 fully saturated rings. The van der Waals surface area contributed by atoms with E-state index in [1.54, 1.807) is 30.5 Å². The van der Waals surface area contributed by atoms with Crippen molar-refractivity contribution in [2.45, 2.75) is 52.8 Å². The molecular weight excluding hydrogens is 659 g/mol. The van der Waals surface area contributed by atoms with Crippen LogP contribution in [0.3, 0.4) is 0 Å². The molecule has 0 unspecified atom stereocenters. The lowest BCUT2D eigenvalue weighted by Gasteiger charge is -2.22. The van der Waals surface area contributed by atoms with Crippen LogP contribution in [0, 0.1) is 6.85 Å². The first kappa shape index (κ1) is 26.5. The third-order valence-electron chi connectivity index (χ3n) is 9.81. The van der Waals surface area contributed by atoms with Crippen LogP contribution in [0.25, 0.3) is 72.7 Å². The van der Waals surface area contributed by atoms with Gasteiger partial charge in [0.2, 0.25) is 0 Å². The van der Waals surface area contributed by atoms with Crippen LogP contribution in [0.1, 0.15) is 68.2 Å². The number of rotatable bonds is 7. The zero-order valence-electron chi connectivity index (χ0n) is 38.9. The largest absolute Gasteiger partial charge is 0.507 e. The maximum absolute atomic E-state index is 11.3. The summed E-state index contributed by atoms with van der Waals surface area (Å²) in [6.45, 7) is 7.28. The first-order valence-electron chi connectivity index (χ1n) is 22.0. The van der Waals surface area contributed by atoms with E-state index in [1.165, 1.54) is 0 Å². The summed E-state index contributed by atoms with van der Waals surface area (Å²) >= 11 is 0. The summed E-state index contributed by atoms with van der Waals surface area (Å²) in [5, 5.41) is 11.3. The summed E-state index contributed by atoms with van der Waals surface area (Å²) in [6, 6.07) is 36.7. The lowest BCUT2D eigenvalue weighted by atomic mass is 9.83. The van der Waals surface area contributed by atoms with E-state index in [-0.39, 0.29) is 16.7 Å². The van der Waals surface area contributed by atoms with Crippen molar-refractivity contribution in [1.82, 2.24) is 14.5 Å². The van der Waals surface area contributed by atoms with Gasteiger partial charge < -0.3 is 5.11 Å². The molecule has 2 heterocycles. The van der Waals surface area contributed by atoms with Gasteiger partial charge in [-0.3, -0.25) is 9.55 Å². The number of pyridine rings is 1. The van der Waals surface area contributed by atoms with Gasteiger partial charge >= 0.3 is 0 Å². The maximum Gasteiger partial charge on any atom is 0.149 e. The molecule has 0 amide bonds. The Morgan fingerprint density at radius 3 is 2.17 bits per heavy atom. The van der Waals surface area contributed by atoms with Crippen LogP contribution in [0.2, 0.25) is 0 Å². The number of phenols is 1. The first-order valence-corrected chi connectivity index (χ1v) is 18.0. The third kappa shape index (κ3) is 6.60. The Hall–Kier alpha value is -6.26. The van der Waals surface area contributed by atoms with E-state index in [2.05, 4.69) is 43.5 Å². The highest BCUT2D eigenvalue weighted by Crippen LogP contribution is 2.42. The van der Waals surface area contributed by atoms with Gasteiger partial charge in [0.1, 0.15) is 11.6 Å². The highest BCUT2D eigenvalue weighted by Gasteiger charge is 2.24. The monoisotopic (exact) mass is 711 g/mol. The summed E-state index contributed by atoms with van der Waals surface area (Å²) in [4.78, 5) is 10.1. The zero-order chi connectivity index (χ0) is 44.5. The molecule has 0 saturated heterocycles. The van der Waals surface area contributed by atoms with Gasteiger partial charge in [-0.05, 0) is 106 Å². The summed E-state index contributed by atoms with van der Waals surface area (Å²) in [5.74, 6) is -0.247. The Kier molecular flexibility index (Phi) is 6.84. The van der Waals surface area contributed by atoms with E-state index >= 15 is 0 Å². The standard InChI is InChI=1S/C50H45N3O/c1-32(2)36-23-24-45(43(30-36)35-13-8-7-9-14-35)53-46-17-12-16-41(48(46)52-49(53)42-15-10-11-18-47(42)54)38-27-39(29-40(28-38)50(4,5)6)44-31-37(25-26-51-44)34-21-19-33(3)20-22-34/h7-32,54H,1-6H3/i3D3,19D,20D,21D,22D,32D. The molecule has 0 spiro atoms. The average Bonchev–Trinajstić information content (AvgIpc) is 3.61. The van der Waals surface area contributed by atoms with Crippen LogP contribution in [-0.4, -0.2) is 19.6 Å². The normalized spacial score (nSPS) is 14.3. The van der Waals surface area contributed by atoms with Gasteiger partial charge in [0.05, 0.1) is 33.5 Å². The van der Waals surface area contributed by atoms with Crippen LogP contribution in [0.4, 0.5) is 0 Å². The molecular formula is C50H45N3O. The van der Waals surface area contributed by atoms with E-state index < -0.39 is 42.5 Å². The van der Waals surface area contributed by atoms with Gasteiger partial charge in [0.25, 0.3) is 0 Å². The Morgan fingerprint density at radius 1 is 0.685 bits per heavy atom. The van der Waals surface area contributed by atoms with Gasteiger partial charge in [-0.15, -0.1) is 0 Å². The number of phenolic OH excluding ortho intramolecular Hbond substituents is 1. The number of fused-ring (bicyclic) bond motifs is 1. The van der Waals surface area contributed by atoms with Crippen molar-refractivity contribution in [2.75, 3.05) is 0 Å². The minimum Gasteiger partial charge on any atom is -0.507 e. The van der Waals surface area contributed by atoms with Crippen LogP contribution in [0.5, 0.6) is 5.75 Å². The number of aromatic nitrogens is 3. The summed E-state index contributed by atoms with van der Waals surface area (Å²) in [7, 11) is 0. The Morgan fingerprint density at radius 2 is 1.43 bits per heavy atom. The molecule has 0 aliphatic carbocycles. The lowest BCUT2D eigenvalue weighted by Crippen LogP contribution is -2.11. The van der Waals surface area contributed by atoms with Crippen molar-refractivity contribution < 1.29 is 16.1 Å². The number of hydrogen-bond donors (Lipinski definition) is 1. The third-order valence-corrected chi connectivity index (χ3v) is 9.81. The molecule has 6 aromatic carbocycles. The first-order chi connectivity index (χ1) is 29.2. The van der Waals surface area contributed by atoms with Crippen LogP contribution in [0.15, 0.2) is 152 Å². The topological polar surface area (TPSA) is 50.9 Å². The molecule has 0 aliphatic heterocycles. The minimum atomic E-state index is -2.82. The van der Waals surface area contributed by atoms with Crippen molar-refractivity contribution in [3.05, 3.63) is 168 Å². The van der Waals surface area contributed by atoms with Gasteiger partial charge in [0.15, 0.2) is 0 Å². The fraction of sp³-hybridized carbons (Fsp3) is 0.160. The molecule has 0 saturated carbocycles. The lowest BCUT2D eigenvalue weighted by molar-refractivity contribution is 0.477. The molecule has 0 radical (unpaired) electrons. The smallest absolute Gasteiger partial charge is 0.149 e. The Labute approximate surface area is 329 Å². The SMILES string of the molecule is [2H]c1c([2H])c(C([2H])([2H])[2H])c([2H])c([2H])c1-c1ccnc(-c2cc(-c3cccc4c3nc(-c3ccccc3O)n4-c3ccc(C([2H])(C)C)cc3-c3ccccc3)cc(C(C)(C)C)c2)c1. The van der Waals surface area contributed by atoms with Gasteiger partial charge in [-0.2, -0.15) is 0 Å². The summed E-state index contributed by atoms with van der Waals surface area (Å²) < 4.78 is 69.1. The fourth-order valence-corrected chi connectivity index (χ4v) is 6.88.